The molecule has 3 aliphatic rings. The maximum absolute atomic E-state index is 6.05. The Morgan fingerprint density at radius 2 is 1.74 bits per heavy atom. The number of morpholine rings is 1. The lowest BCUT2D eigenvalue weighted by atomic mass is 9.88. The van der Waals surface area contributed by atoms with E-state index >= 15 is 0 Å². The van der Waals surface area contributed by atoms with Gasteiger partial charge in [-0.05, 0) is 43.2 Å². The van der Waals surface area contributed by atoms with Crippen LogP contribution in [0.25, 0.3) is 22.6 Å². The number of fused-ring (bicyclic) bond motifs is 4. The van der Waals surface area contributed by atoms with Gasteiger partial charge in [-0.15, -0.1) is 0 Å². The number of nitrogen functional groups attached to an aromatic ring is 1. The van der Waals surface area contributed by atoms with Gasteiger partial charge in [0.15, 0.2) is 5.65 Å². The van der Waals surface area contributed by atoms with Crippen molar-refractivity contribution in [3.63, 3.8) is 0 Å². The highest BCUT2D eigenvalue weighted by molar-refractivity contribution is 5.87. The first-order valence-corrected chi connectivity index (χ1v) is 12.0. The molecule has 2 saturated heterocycles. The molecule has 0 saturated carbocycles. The zero-order valence-corrected chi connectivity index (χ0v) is 18.8. The first-order chi connectivity index (χ1) is 16.7. The van der Waals surface area contributed by atoms with E-state index in [1.807, 2.05) is 6.33 Å². The number of imidazole rings is 1. The molecular formula is C25H26N8O. The normalized spacial score (nSPS) is 23.9. The minimum absolute atomic E-state index is 0.248. The first-order valence-electron chi connectivity index (χ1n) is 12.0. The molecule has 3 aromatic heterocycles. The summed E-state index contributed by atoms with van der Waals surface area (Å²) >= 11 is 0. The van der Waals surface area contributed by atoms with Crippen LogP contribution in [0.3, 0.4) is 0 Å². The number of nitrogens with two attached hydrogens (primary N) is 1. The van der Waals surface area contributed by atoms with Gasteiger partial charge in [-0.1, -0.05) is 24.3 Å². The third-order valence-electron chi connectivity index (χ3n) is 7.36. The Hall–Kier alpha value is -3.59. The number of rotatable bonds is 3. The van der Waals surface area contributed by atoms with E-state index < -0.39 is 0 Å². The Morgan fingerprint density at radius 3 is 2.53 bits per heavy atom. The molecule has 2 aliphatic heterocycles. The summed E-state index contributed by atoms with van der Waals surface area (Å²) in [7, 11) is 0. The molecule has 5 heterocycles. The number of anilines is 2. The fourth-order valence-corrected chi connectivity index (χ4v) is 5.65. The Morgan fingerprint density at radius 1 is 0.912 bits per heavy atom. The lowest BCUT2D eigenvalue weighted by Crippen LogP contribution is -2.43. The predicted octanol–water partition coefficient (Wildman–Crippen LogP) is 2.96. The zero-order chi connectivity index (χ0) is 22.6. The van der Waals surface area contributed by atoms with Crippen molar-refractivity contribution in [3.05, 3.63) is 54.1 Å². The molecule has 1 aliphatic carbocycles. The van der Waals surface area contributed by atoms with Gasteiger partial charge >= 0.3 is 0 Å². The molecule has 3 unspecified atom stereocenters. The average Bonchev–Trinajstić information content (AvgIpc) is 3.46. The van der Waals surface area contributed by atoms with Gasteiger partial charge in [0, 0.05) is 19.1 Å². The van der Waals surface area contributed by atoms with Crippen molar-refractivity contribution in [2.75, 3.05) is 23.7 Å². The van der Waals surface area contributed by atoms with Crippen molar-refractivity contribution in [3.8, 4) is 11.4 Å². The van der Waals surface area contributed by atoms with Crippen molar-refractivity contribution in [1.82, 2.24) is 29.5 Å². The quantitative estimate of drug-likeness (QED) is 0.503. The Labute approximate surface area is 197 Å². The number of nitrogens with zero attached hydrogens (tertiary/aromatic N) is 7. The largest absolute Gasteiger partial charge is 0.382 e. The van der Waals surface area contributed by atoms with E-state index in [9.17, 15) is 0 Å². The summed E-state index contributed by atoms with van der Waals surface area (Å²) in [6, 6.07) is 9.02. The smallest absolute Gasteiger partial charge is 0.228 e. The second-order valence-corrected chi connectivity index (χ2v) is 9.55. The van der Waals surface area contributed by atoms with E-state index in [1.165, 1.54) is 11.1 Å². The molecule has 1 aromatic carbocycles. The second kappa shape index (κ2) is 7.73. The minimum Gasteiger partial charge on any atom is -0.382 e. The lowest BCUT2D eigenvalue weighted by molar-refractivity contribution is 0.0299. The highest BCUT2D eigenvalue weighted by atomic mass is 16.5. The molecule has 9 nitrogen and oxygen atoms in total. The molecule has 172 valence electrons. The average molecular weight is 455 g/mol. The molecule has 9 heteroatoms. The van der Waals surface area contributed by atoms with E-state index in [-0.39, 0.29) is 12.2 Å². The van der Waals surface area contributed by atoms with Crippen LogP contribution in [0.1, 0.15) is 36.4 Å². The van der Waals surface area contributed by atoms with Crippen molar-refractivity contribution in [2.45, 2.75) is 50.4 Å². The molecule has 4 aromatic rings. The number of aryl methyl sites for hydroxylation is 1. The molecule has 0 spiro atoms. The fourth-order valence-electron chi connectivity index (χ4n) is 5.65. The molecule has 3 atom stereocenters. The summed E-state index contributed by atoms with van der Waals surface area (Å²) in [5.41, 5.74) is 11.6. The van der Waals surface area contributed by atoms with Gasteiger partial charge in [-0.3, -0.25) is 0 Å². The molecule has 7 rings (SSSR count). The number of hydrogen-bond acceptors (Lipinski definition) is 8. The van der Waals surface area contributed by atoms with Crippen molar-refractivity contribution in [1.29, 1.82) is 0 Å². The topological polar surface area (TPSA) is 108 Å². The number of benzene rings is 1. The molecular weight excluding hydrogens is 428 g/mol. The Balaban J connectivity index is 1.35. The van der Waals surface area contributed by atoms with Crippen LogP contribution in [0.15, 0.2) is 43.0 Å². The van der Waals surface area contributed by atoms with Gasteiger partial charge < -0.3 is 19.9 Å². The minimum atomic E-state index is 0.248. The summed E-state index contributed by atoms with van der Waals surface area (Å²) in [6.07, 6.45) is 10.9. The third kappa shape index (κ3) is 3.30. The SMILES string of the molecule is Nc1cnc(-c2nc(N3CC4CCC(C3)O4)nc3c2ncn3C2CCc3ccccc3C2)cn1. The maximum Gasteiger partial charge on any atom is 0.228 e. The Kier molecular flexibility index (Phi) is 4.51. The van der Waals surface area contributed by atoms with E-state index in [4.69, 9.17) is 25.4 Å². The highest BCUT2D eigenvalue weighted by Crippen LogP contribution is 2.35. The van der Waals surface area contributed by atoms with Crippen LogP contribution < -0.4 is 10.6 Å². The predicted molar refractivity (Wildman–Crippen MR) is 128 cm³/mol. The third-order valence-corrected chi connectivity index (χ3v) is 7.36. The Bertz CT molecular complexity index is 1360. The fraction of sp³-hybridized carbons (Fsp3) is 0.400. The van der Waals surface area contributed by atoms with Gasteiger partial charge in [0.25, 0.3) is 0 Å². The molecule has 0 radical (unpaired) electrons. The van der Waals surface area contributed by atoms with E-state index in [0.29, 0.717) is 29.2 Å². The van der Waals surface area contributed by atoms with Crippen molar-refractivity contribution in [2.24, 2.45) is 0 Å². The number of hydrogen-bond donors (Lipinski definition) is 1. The second-order valence-electron chi connectivity index (χ2n) is 9.55. The number of ether oxygens (including phenoxy) is 1. The van der Waals surface area contributed by atoms with Crippen LogP contribution in [0.2, 0.25) is 0 Å². The van der Waals surface area contributed by atoms with Crippen LogP contribution in [-0.4, -0.2) is 54.8 Å². The van der Waals surface area contributed by atoms with Gasteiger partial charge in [-0.2, -0.15) is 4.98 Å². The molecule has 2 bridgehead atoms. The van der Waals surface area contributed by atoms with Gasteiger partial charge in [-0.25, -0.2) is 19.9 Å². The number of aromatic nitrogens is 6. The van der Waals surface area contributed by atoms with Crippen LogP contribution in [-0.2, 0) is 17.6 Å². The maximum atomic E-state index is 6.05. The summed E-state index contributed by atoms with van der Waals surface area (Å²) in [5.74, 6) is 1.09. The van der Waals surface area contributed by atoms with Gasteiger partial charge in [0.1, 0.15) is 22.7 Å². The molecule has 2 N–H and O–H groups in total. The monoisotopic (exact) mass is 454 g/mol. The van der Waals surface area contributed by atoms with E-state index in [0.717, 1.165) is 56.4 Å². The summed E-state index contributed by atoms with van der Waals surface area (Å²) < 4.78 is 8.29. The highest BCUT2D eigenvalue weighted by Gasteiger charge is 2.35. The zero-order valence-electron chi connectivity index (χ0n) is 18.8. The van der Waals surface area contributed by atoms with Crippen LogP contribution in [0.5, 0.6) is 0 Å². The summed E-state index contributed by atoms with van der Waals surface area (Å²) in [6.45, 7) is 1.61. The van der Waals surface area contributed by atoms with Crippen LogP contribution >= 0.6 is 0 Å². The van der Waals surface area contributed by atoms with Gasteiger partial charge in [0.05, 0.1) is 30.9 Å². The molecule has 34 heavy (non-hydrogen) atoms. The standard InChI is InChI=1S/C25H26N8O/c26-21-11-27-20(10-28-21)22-23-24(31-25(30-22)32-12-18-7-8-19(13-32)34-18)33(14-29-23)17-6-5-15-3-1-2-4-16(15)9-17/h1-4,10-11,14,17-19H,5-9,12-13H2,(H2,26,28). The van der Waals surface area contributed by atoms with Crippen molar-refractivity contribution < 1.29 is 4.74 Å². The van der Waals surface area contributed by atoms with E-state index in [2.05, 4.69) is 43.7 Å². The van der Waals surface area contributed by atoms with Gasteiger partial charge in [0.2, 0.25) is 5.95 Å². The van der Waals surface area contributed by atoms with Crippen molar-refractivity contribution >= 4 is 22.9 Å². The van der Waals surface area contributed by atoms with Crippen LogP contribution in [0, 0.1) is 0 Å². The summed E-state index contributed by atoms with van der Waals surface area (Å²) in [5, 5.41) is 0. The van der Waals surface area contributed by atoms with E-state index in [1.54, 1.807) is 12.4 Å². The molecule has 2 fully saturated rings. The summed E-state index contributed by atoms with van der Waals surface area (Å²) in [4.78, 5) is 25.8. The van der Waals surface area contributed by atoms with Crippen LogP contribution in [0.4, 0.5) is 11.8 Å². The lowest BCUT2D eigenvalue weighted by Gasteiger charge is -2.32. The first kappa shape index (κ1) is 19.8. The molecule has 0 amide bonds.